The van der Waals surface area contributed by atoms with Crippen LogP contribution in [0.25, 0.3) is 21.7 Å². The molecule has 0 radical (unpaired) electrons. The second-order valence-corrected chi connectivity index (χ2v) is 8.15. The lowest BCUT2D eigenvalue weighted by Crippen LogP contribution is -2.26. The third-order valence-corrected chi connectivity index (χ3v) is 6.09. The van der Waals surface area contributed by atoms with Gasteiger partial charge in [0.2, 0.25) is 0 Å². The lowest BCUT2D eigenvalue weighted by Gasteiger charge is -2.25. The maximum absolute atomic E-state index is 12.9. The van der Waals surface area contributed by atoms with Gasteiger partial charge < -0.3 is 14.9 Å². The van der Waals surface area contributed by atoms with Crippen molar-refractivity contribution in [2.24, 2.45) is 5.92 Å². The molecule has 0 aliphatic heterocycles. The molecular weight excluding hydrogens is 374 g/mol. The standard InChI is InChI=1S/C24H23N5O/c25-10-19-12-27-14-22-21(19)6-7-29(24(22)30)15-17-4-5-18-9-20(28-23(18)8-17)13-26-11-16-2-1-3-16/h4-9,12,14,16,26,28H,1-3,11,13,15H2. The third-order valence-electron chi connectivity index (χ3n) is 6.09. The topological polar surface area (TPSA) is 86.5 Å². The van der Waals surface area contributed by atoms with Gasteiger partial charge in [-0.2, -0.15) is 5.26 Å². The maximum Gasteiger partial charge on any atom is 0.260 e. The highest BCUT2D eigenvalue weighted by Crippen LogP contribution is 2.25. The second-order valence-electron chi connectivity index (χ2n) is 8.15. The van der Waals surface area contributed by atoms with E-state index in [0.717, 1.165) is 30.1 Å². The van der Waals surface area contributed by atoms with Crippen LogP contribution in [-0.2, 0) is 13.1 Å². The molecule has 30 heavy (non-hydrogen) atoms. The zero-order valence-electron chi connectivity index (χ0n) is 16.7. The van der Waals surface area contributed by atoms with Crippen molar-refractivity contribution in [2.75, 3.05) is 6.54 Å². The van der Waals surface area contributed by atoms with Gasteiger partial charge in [-0.3, -0.25) is 9.78 Å². The summed E-state index contributed by atoms with van der Waals surface area (Å²) in [7, 11) is 0. The molecule has 1 fully saturated rings. The highest BCUT2D eigenvalue weighted by Gasteiger charge is 2.16. The first kappa shape index (κ1) is 18.6. The molecular formula is C24H23N5O. The Bertz CT molecular complexity index is 1320. The van der Waals surface area contributed by atoms with E-state index in [-0.39, 0.29) is 5.56 Å². The van der Waals surface area contributed by atoms with E-state index in [9.17, 15) is 10.1 Å². The molecule has 6 nitrogen and oxygen atoms in total. The summed E-state index contributed by atoms with van der Waals surface area (Å²) in [4.78, 5) is 20.4. The van der Waals surface area contributed by atoms with Crippen molar-refractivity contribution in [3.63, 3.8) is 0 Å². The minimum atomic E-state index is -0.135. The van der Waals surface area contributed by atoms with E-state index in [1.54, 1.807) is 10.8 Å². The number of fused-ring (bicyclic) bond motifs is 2. The Hall–Kier alpha value is -3.43. The van der Waals surface area contributed by atoms with Crippen molar-refractivity contribution in [1.82, 2.24) is 19.9 Å². The Morgan fingerprint density at radius 2 is 2.10 bits per heavy atom. The molecule has 0 spiro atoms. The summed E-state index contributed by atoms with van der Waals surface area (Å²) in [5, 5.41) is 15.1. The maximum atomic E-state index is 12.9. The van der Waals surface area contributed by atoms with Crippen LogP contribution < -0.4 is 10.9 Å². The van der Waals surface area contributed by atoms with Crippen molar-refractivity contribution in [3.05, 3.63) is 76.1 Å². The number of nitrogens with zero attached hydrogens (tertiary/aromatic N) is 3. The van der Waals surface area contributed by atoms with Gasteiger partial charge in [0.15, 0.2) is 0 Å². The second kappa shape index (κ2) is 7.77. The molecule has 5 rings (SSSR count). The minimum Gasteiger partial charge on any atom is -0.357 e. The minimum absolute atomic E-state index is 0.135. The zero-order valence-corrected chi connectivity index (χ0v) is 16.7. The van der Waals surface area contributed by atoms with E-state index >= 15 is 0 Å². The van der Waals surface area contributed by atoms with Crippen LogP contribution in [0.4, 0.5) is 0 Å². The van der Waals surface area contributed by atoms with Gasteiger partial charge in [0.05, 0.1) is 17.5 Å². The average Bonchev–Trinajstić information content (AvgIpc) is 3.13. The molecule has 1 aliphatic rings. The summed E-state index contributed by atoms with van der Waals surface area (Å²) in [6, 6.07) is 12.4. The van der Waals surface area contributed by atoms with Crippen LogP contribution >= 0.6 is 0 Å². The largest absolute Gasteiger partial charge is 0.357 e. The molecule has 6 heteroatoms. The monoisotopic (exact) mass is 397 g/mol. The Morgan fingerprint density at radius 1 is 1.20 bits per heavy atom. The molecule has 0 amide bonds. The molecule has 1 aromatic carbocycles. The van der Waals surface area contributed by atoms with Gasteiger partial charge in [-0.05, 0) is 54.5 Å². The Kier molecular flexibility index (Phi) is 4.82. The Labute approximate surface area is 174 Å². The molecule has 0 unspecified atom stereocenters. The zero-order chi connectivity index (χ0) is 20.5. The number of hydrogen-bond donors (Lipinski definition) is 2. The number of hydrogen-bond acceptors (Lipinski definition) is 4. The quantitative estimate of drug-likeness (QED) is 0.520. The number of benzene rings is 1. The number of pyridine rings is 2. The smallest absolute Gasteiger partial charge is 0.260 e. The summed E-state index contributed by atoms with van der Waals surface area (Å²) in [5.41, 5.74) is 3.59. The normalized spacial score (nSPS) is 14.1. The predicted molar refractivity (Wildman–Crippen MR) is 117 cm³/mol. The lowest BCUT2D eigenvalue weighted by molar-refractivity contribution is 0.301. The molecule has 3 heterocycles. The number of H-pyrrole nitrogens is 1. The van der Waals surface area contributed by atoms with Crippen LogP contribution in [0.1, 0.15) is 36.1 Å². The van der Waals surface area contributed by atoms with E-state index in [4.69, 9.17) is 0 Å². The summed E-state index contributed by atoms with van der Waals surface area (Å²) in [5.74, 6) is 0.848. The third kappa shape index (κ3) is 3.49. The molecule has 1 aliphatic carbocycles. The number of aromatic amines is 1. The summed E-state index contributed by atoms with van der Waals surface area (Å²) in [6.45, 7) is 2.41. The molecule has 0 bridgehead atoms. The Morgan fingerprint density at radius 3 is 2.90 bits per heavy atom. The van der Waals surface area contributed by atoms with Crippen LogP contribution in [0, 0.1) is 17.2 Å². The van der Waals surface area contributed by atoms with Gasteiger partial charge >= 0.3 is 0 Å². The molecule has 3 aromatic heterocycles. The first-order chi connectivity index (χ1) is 14.7. The fourth-order valence-corrected chi connectivity index (χ4v) is 4.15. The van der Waals surface area contributed by atoms with Crippen LogP contribution in [-0.4, -0.2) is 21.1 Å². The highest BCUT2D eigenvalue weighted by molar-refractivity contribution is 5.86. The van der Waals surface area contributed by atoms with Crippen molar-refractivity contribution in [1.29, 1.82) is 5.26 Å². The number of rotatable bonds is 6. The van der Waals surface area contributed by atoms with Gasteiger partial charge in [0.25, 0.3) is 5.56 Å². The van der Waals surface area contributed by atoms with Crippen LogP contribution in [0.3, 0.4) is 0 Å². The van der Waals surface area contributed by atoms with Crippen molar-refractivity contribution < 1.29 is 0 Å². The van der Waals surface area contributed by atoms with E-state index in [0.29, 0.717) is 22.9 Å². The first-order valence-electron chi connectivity index (χ1n) is 10.4. The fourth-order valence-electron chi connectivity index (χ4n) is 4.15. The van der Waals surface area contributed by atoms with Crippen molar-refractivity contribution in [2.45, 2.75) is 32.4 Å². The summed E-state index contributed by atoms with van der Waals surface area (Å²) < 4.78 is 1.66. The van der Waals surface area contributed by atoms with Crippen LogP contribution in [0.2, 0.25) is 0 Å². The molecule has 150 valence electrons. The molecule has 4 aromatic rings. The number of nitrogens with one attached hydrogen (secondary N) is 2. The molecule has 2 N–H and O–H groups in total. The van der Waals surface area contributed by atoms with Gasteiger partial charge in [0, 0.05) is 41.7 Å². The average molecular weight is 397 g/mol. The lowest BCUT2D eigenvalue weighted by atomic mass is 9.85. The molecule has 0 atom stereocenters. The molecule has 0 saturated heterocycles. The van der Waals surface area contributed by atoms with Crippen LogP contribution in [0.5, 0.6) is 0 Å². The van der Waals surface area contributed by atoms with E-state index in [1.165, 1.54) is 42.7 Å². The SMILES string of the molecule is N#Cc1cncc2c(=O)n(Cc3ccc4cc(CNCC5CCC5)[nH]c4c3)ccc12. The van der Waals surface area contributed by atoms with Gasteiger partial charge in [-0.25, -0.2) is 0 Å². The highest BCUT2D eigenvalue weighted by atomic mass is 16.1. The number of nitriles is 1. The van der Waals surface area contributed by atoms with E-state index in [1.807, 2.05) is 6.07 Å². The predicted octanol–water partition coefficient (Wildman–Crippen LogP) is 3.69. The fraction of sp³-hybridized carbons (Fsp3) is 0.292. The number of aromatic nitrogens is 3. The Balaban J connectivity index is 1.36. The summed E-state index contributed by atoms with van der Waals surface area (Å²) in [6.07, 6.45) is 8.85. The van der Waals surface area contributed by atoms with Gasteiger partial charge in [-0.1, -0.05) is 18.6 Å². The van der Waals surface area contributed by atoms with Crippen LogP contribution in [0.15, 0.2) is 53.7 Å². The first-order valence-corrected chi connectivity index (χ1v) is 10.4. The van der Waals surface area contributed by atoms with Gasteiger partial charge in [0.1, 0.15) is 6.07 Å². The van der Waals surface area contributed by atoms with Crippen molar-refractivity contribution >= 4 is 21.7 Å². The molecule has 1 saturated carbocycles. The van der Waals surface area contributed by atoms with Gasteiger partial charge in [-0.15, -0.1) is 0 Å². The van der Waals surface area contributed by atoms with E-state index < -0.39 is 0 Å². The summed E-state index contributed by atoms with van der Waals surface area (Å²) >= 11 is 0. The van der Waals surface area contributed by atoms with Crippen molar-refractivity contribution in [3.8, 4) is 6.07 Å². The van der Waals surface area contributed by atoms with E-state index in [2.05, 4.69) is 45.6 Å².